The predicted octanol–water partition coefficient (Wildman–Crippen LogP) is 3.45. The highest BCUT2D eigenvalue weighted by Gasteiger charge is 2.16. The van der Waals surface area contributed by atoms with Gasteiger partial charge in [0.15, 0.2) is 0 Å². The molecule has 1 fully saturated rings. The van der Waals surface area contributed by atoms with E-state index in [2.05, 4.69) is 21.8 Å². The Kier molecular flexibility index (Phi) is 4.95. The highest BCUT2D eigenvalue weighted by Crippen LogP contribution is 2.21. The zero-order valence-electron chi connectivity index (χ0n) is 11.3. The van der Waals surface area contributed by atoms with Crippen LogP contribution in [-0.2, 0) is 6.54 Å². The van der Waals surface area contributed by atoms with Crippen molar-refractivity contribution in [2.24, 2.45) is 5.92 Å². The smallest absolute Gasteiger partial charge is 0.144 e. The fourth-order valence-corrected chi connectivity index (χ4v) is 2.91. The lowest BCUT2D eigenvalue weighted by Gasteiger charge is -2.19. The summed E-state index contributed by atoms with van der Waals surface area (Å²) in [5, 5.41) is 0.554. The molecule has 0 saturated carbocycles. The van der Waals surface area contributed by atoms with E-state index in [0.717, 1.165) is 37.1 Å². The molecule has 1 saturated heterocycles. The van der Waals surface area contributed by atoms with Crippen molar-refractivity contribution in [1.82, 2.24) is 14.9 Å². The summed E-state index contributed by atoms with van der Waals surface area (Å²) in [6, 6.07) is 1.81. The Hall–Kier alpha value is -0.670. The largest absolute Gasteiger partial charge is 0.296 e. The Morgan fingerprint density at radius 1 is 1.33 bits per heavy atom. The minimum Gasteiger partial charge on any atom is -0.296 e. The molecule has 0 N–H and O–H groups in total. The molecule has 18 heavy (non-hydrogen) atoms. The third-order valence-electron chi connectivity index (χ3n) is 3.75. The summed E-state index contributed by atoms with van der Waals surface area (Å²) in [5.74, 6) is 1.76. The maximum absolute atomic E-state index is 5.98. The Balaban J connectivity index is 1.96. The zero-order valence-corrected chi connectivity index (χ0v) is 12.1. The monoisotopic (exact) mass is 267 g/mol. The molecule has 3 nitrogen and oxygen atoms in total. The second-order valence-corrected chi connectivity index (χ2v) is 5.62. The first kappa shape index (κ1) is 13.8. The van der Waals surface area contributed by atoms with Gasteiger partial charge in [0.05, 0.1) is 6.54 Å². The van der Waals surface area contributed by atoms with Crippen molar-refractivity contribution < 1.29 is 0 Å². The lowest BCUT2D eigenvalue weighted by Crippen LogP contribution is -2.25. The first-order valence-corrected chi connectivity index (χ1v) is 7.27. The zero-order chi connectivity index (χ0) is 13.0. The van der Waals surface area contributed by atoms with Gasteiger partial charge >= 0.3 is 0 Å². The highest BCUT2D eigenvalue weighted by molar-refractivity contribution is 6.29. The fourth-order valence-electron chi connectivity index (χ4n) is 2.65. The lowest BCUT2D eigenvalue weighted by molar-refractivity contribution is 0.265. The standard InChI is InChI=1S/C14H22ClN3/c1-3-12-5-4-7-18(8-6-12)10-14-16-11(2)9-13(15)17-14/h9,12H,3-8,10H2,1-2H3. The molecule has 0 amide bonds. The topological polar surface area (TPSA) is 29.0 Å². The number of hydrogen-bond acceptors (Lipinski definition) is 3. The molecule has 1 aliphatic rings. The summed E-state index contributed by atoms with van der Waals surface area (Å²) in [6.45, 7) is 7.41. The van der Waals surface area contributed by atoms with Crippen LogP contribution in [0.1, 0.15) is 44.1 Å². The van der Waals surface area contributed by atoms with Crippen molar-refractivity contribution in [3.05, 3.63) is 22.7 Å². The van der Waals surface area contributed by atoms with Crippen LogP contribution in [0.5, 0.6) is 0 Å². The number of aryl methyl sites for hydroxylation is 1. The van der Waals surface area contributed by atoms with Gasteiger partial charge in [-0.25, -0.2) is 9.97 Å². The molecule has 4 heteroatoms. The predicted molar refractivity (Wildman–Crippen MR) is 74.7 cm³/mol. The van der Waals surface area contributed by atoms with E-state index in [1.54, 1.807) is 6.07 Å². The average molecular weight is 268 g/mol. The summed E-state index contributed by atoms with van der Waals surface area (Å²) in [6.07, 6.45) is 5.26. The molecule has 0 spiro atoms. The number of rotatable bonds is 3. The molecule has 0 bridgehead atoms. The second-order valence-electron chi connectivity index (χ2n) is 5.23. The van der Waals surface area contributed by atoms with E-state index in [4.69, 9.17) is 11.6 Å². The van der Waals surface area contributed by atoms with Crippen LogP contribution in [-0.4, -0.2) is 28.0 Å². The summed E-state index contributed by atoms with van der Waals surface area (Å²) < 4.78 is 0. The number of hydrogen-bond donors (Lipinski definition) is 0. The van der Waals surface area contributed by atoms with E-state index in [9.17, 15) is 0 Å². The van der Waals surface area contributed by atoms with Crippen molar-refractivity contribution in [2.45, 2.75) is 46.1 Å². The molecule has 1 aliphatic heterocycles. The van der Waals surface area contributed by atoms with E-state index < -0.39 is 0 Å². The molecule has 100 valence electrons. The molecule has 0 aliphatic carbocycles. The van der Waals surface area contributed by atoms with Crippen LogP contribution in [0.25, 0.3) is 0 Å². The van der Waals surface area contributed by atoms with Crippen LogP contribution >= 0.6 is 11.6 Å². The Bertz CT molecular complexity index is 374. The van der Waals surface area contributed by atoms with Crippen molar-refractivity contribution in [1.29, 1.82) is 0 Å². The van der Waals surface area contributed by atoms with Crippen LogP contribution in [0.3, 0.4) is 0 Å². The van der Waals surface area contributed by atoms with E-state index in [0.29, 0.717) is 5.15 Å². The van der Waals surface area contributed by atoms with Gasteiger partial charge in [0.1, 0.15) is 11.0 Å². The molecule has 1 unspecified atom stereocenters. The fraction of sp³-hybridized carbons (Fsp3) is 0.714. The number of aromatic nitrogens is 2. The van der Waals surface area contributed by atoms with Crippen LogP contribution in [0, 0.1) is 12.8 Å². The van der Waals surface area contributed by atoms with E-state index in [1.165, 1.54) is 25.7 Å². The lowest BCUT2D eigenvalue weighted by atomic mass is 9.98. The molecule has 0 aromatic carbocycles. The third kappa shape index (κ3) is 3.92. The second kappa shape index (κ2) is 6.48. The number of likely N-dealkylation sites (tertiary alicyclic amines) is 1. The molecule has 2 heterocycles. The highest BCUT2D eigenvalue weighted by atomic mass is 35.5. The van der Waals surface area contributed by atoms with Gasteiger partial charge in [0.2, 0.25) is 0 Å². The van der Waals surface area contributed by atoms with Gasteiger partial charge in [-0.1, -0.05) is 24.9 Å². The Morgan fingerprint density at radius 2 is 2.17 bits per heavy atom. The summed E-state index contributed by atoms with van der Waals surface area (Å²) in [7, 11) is 0. The first-order chi connectivity index (χ1) is 8.67. The summed E-state index contributed by atoms with van der Waals surface area (Å²) in [5.41, 5.74) is 0.950. The maximum Gasteiger partial charge on any atom is 0.144 e. The van der Waals surface area contributed by atoms with Gasteiger partial charge in [-0.2, -0.15) is 0 Å². The van der Waals surface area contributed by atoms with Crippen LogP contribution in [0.4, 0.5) is 0 Å². The van der Waals surface area contributed by atoms with Crippen LogP contribution < -0.4 is 0 Å². The molecule has 1 aromatic rings. The molecule has 1 atom stereocenters. The number of halogens is 1. The van der Waals surface area contributed by atoms with E-state index in [1.807, 2.05) is 6.92 Å². The minimum atomic E-state index is 0.554. The molecular weight excluding hydrogens is 246 g/mol. The Labute approximate surface area is 115 Å². The summed E-state index contributed by atoms with van der Waals surface area (Å²) >= 11 is 5.98. The SMILES string of the molecule is CCC1CCCN(Cc2nc(C)cc(Cl)n2)CC1. The Morgan fingerprint density at radius 3 is 2.89 bits per heavy atom. The molecule has 0 radical (unpaired) electrons. The average Bonchev–Trinajstić information content (AvgIpc) is 2.53. The summed E-state index contributed by atoms with van der Waals surface area (Å²) in [4.78, 5) is 11.2. The van der Waals surface area contributed by atoms with Crippen molar-refractivity contribution in [3.63, 3.8) is 0 Å². The van der Waals surface area contributed by atoms with Gasteiger partial charge in [-0.05, 0) is 51.3 Å². The van der Waals surface area contributed by atoms with Gasteiger partial charge in [-0.3, -0.25) is 4.90 Å². The molecular formula is C14H22ClN3. The van der Waals surface area contributed by atoms with Gasteiger partial charge in [0.25, 0.3) is 0 Å². The maximum atomic E-state index is 5.98. The van der Waals surface area contributed by atoms with Crippen LogP contribution in [0.15, 0.2) is 6.07 Å². The first-order valence-electron chi connectivity index (χ1n) is 6.89. The van der Waals surface area contributed by atoms with Crippen molar-refractivity contribution >= 4 is 11.6 Å². The normalized spacial score (nSPS) is 21.8. The minimum absolute atomic E-state index is 0.554. The van der Waals surface area contributed by atoms with Crippen molar-refractivity contribution in [2.75, 3.05) is 13.1 Å². The quantitative estimate of drug-likeness (QED) is 0.786. The third-order valence-corrected chi connectivity index (χ3v) is 3.95. The van der Waals surface area contributed by atoms with Gasteiger partial charge < -0.3 is 0 Å². The molecule has 2 rings (SSSR count). The van der Waals surface area contributed by atoms with Gasteiger partial charge in [-0.15, -0.1) is 0 Å². The van der Waals surface area contributed by atoms with Crippen LogP contribution in [0.2, 0.25) is 5.15 Å². The van der Waals surface area contributed by atoms with Crippen molar-refractivity contribution in [3.8, 4) is 0 Å². The van der Waals surface area contributed by atoms with Gasteiger partial charge in [0, 0.05) is 5.69 Å². The van der Waals surface area contributed by atoms with E-state index in [-0.39, 0.29) is 0 Å². The number of nitrogens with zero attached hydrogens (tertiary/aromatic N) is 3. The molecule has 1 aromatic heterocycles. The van der Waals surface area contributed by atoms with E-state index >= 15 is 0 Å².